The van der Waals surface area contributed by atoms with Crippen molar-refractivity contribution in [3.63, 3.8) is 0 Å². The molecule has 1 aliphatic rings. The molecule has 172 valence electrons. The molecule has 0 radical (unpaired) electrons. The highest BCUT2D eigenvalue weighted by molar-refractivity contribution is 7.89. The number of anilines is 1. The summed E-state index contributed by atoms with van der Waals surface area (Å²) in [4.78, 5) is 12.6. The van der Waals surface area contributed by atoms with Gasteiger partial charge in [-0.25, -0.2) is 8.42 Å². The summed E-state index contributed by atoms with van der Waals surface area (Å²) in [7, 11) is -3.50. The maximum atomic E-state index is 12.9. The average molecular weight is 476 g/mol. The molecule has 7 nitrogen and oxygen atoms in total. The van der Waals surface area contributed by atoms with Gasteiger partial charge in [-0.2, -0.15) is 4.31 Å². The summed E-state index contributed by atoms with van der Waals surface area (Å²) in [6.07, 6.45) is 4.82. The predicted octanol–water partition coefficient (Wildman–Crippen LogP) is 4.17. The lowest BCUT2D eigenvalue weighted by Gasteiger charge is -2.20. The van der Waals surface area contributed by atoms with Gasteiger partial charge in [-0.3, -0.25) is 10.1 Å². The quantitative estimate of drug-likeness (QED) is 0.585. The van der Waals surface area contributed by atoms with E-state index in [9.17, 15) is 13.2 Å². The van der Waals surface area contributed by atoms with Crippen molar-refractivity contribution in [3.05, 3.63) is 54.1 Å². The van der Waals surface area contributed by atoms with Crippen molar-refractivity contribution in [2.45, 2.75) is 43.9 Å². The second kappa shape index (κ2) is 11.4. The van der Waals surface area contributed by atoms with E-state index in [2.05, 4.69) is 10.6 Å². The van der Waals surface area contributed by atoms with Crippen LogP contribution in [0, 0.1) is 0 Å². The summed E-state index contributed by atoms with van der Waals surface area (Å²) in [6, 6.07) is 13.2. The van der Waals surface area contributed by atoms with Crippen LogP contribution < -0.4 is 15.4 Å². The Morgan fingerprint density at radius 1 is 1.00 bits per heavy atom. The Morgan fingerprint density at radius 2 is 1.62 bits per heavy atom. The lowest BCUT2D eigenvalue weighted by Crippen LogP contribution is -2.34. The standard InChI is InChI=1S/C23H29N3O4S2/c1-2-17-30-20-11-7-18(8-12-20)22(27)25-23(31)24-19-9-13-21(14-10-19)32(28,29)26-15-5-3-4-6-16-26/h7-14H,2-6,15-17H2,1H3,(H2,24,25,27,31). The van der Waals surface area contributed by atoms with E-state index in [-0.39, 0.29) is 15.9 Å². The smallest absolute Gasteiger partial charge is 0.257 e. The molecular weight excluding hydrogens is 446 g/mol. The van der Waals surface area contributed by atoms with Gasteiger partial charge in [0.2, 0.25) is 10.0 Å². The molecule has 1 aliphatic heterocycles. The van der Waals surface area contributed by atoms with Gasteiger partial charge in [0.05, 0.1) is 11.5 Å². The summed E-state index contributed by atoms with van der Waals surface area (Å²) >= 11 is 5.22. The molecule has 9 heteroatoms. The molecule has 0 unspecified atom stereocenters. The fraction of sp³-hybridized carbons (Fsp3) is 0.391. The van der Waals surface area contributed by atoms with Gasteiger partial charge in [-0.05, 0) is 80.0 Å². The Morgan fingerprint density at radius 3 is 2.22 bits per heavy atom. The maximum absolute atomic E-state index is 12.9. The third kappa shape index (κ3) is 6.51. The zero-order chi connectivity index (χ0) is 23.0. The summed E-state index contributed by atoms with van der Waals surface area (Å²) in [5.41, 5.74) is 1.05. The number of thiocarbonyl (C=S) groups is 1. The minimum absolute atomic E-state index is 0.129. The van der Waals surface area contributed by atoms with Gasteiger partial charge in [0.25, 0.3) is 5.91 Å². The molecule has 0 atom stereocenters. The molecule has 32 heavy (non-hydrogen) atoms. The van der Waals surface area contributed by atoms with Gasteiger partial charge in [0.1, 0.15) is 5.75 Å². The largest absolute Gasteiger partial charge is 0.494 e. The Labute approximate surface area is 195 Å². The van der Waals surface area contributed by atoms with Gasteiger partial charge in [-0.1, -0.05) is 19.8 Å². The van der Waals surface area contributed by atoms with Crippen LogP contribution in [-0.2, 0) is 10.0 Å². The normalized spacial score (nSPS) is 14.9. The van der Waals surface area contributed by atoms with Crippen LogP contribution in [0.1, 0.15) is 49.4 Å². The molecule has 0 aliphatic carbocycles. The van der Waals surface area contributed by atoms with Crippen LogP contribution in [0.5, 0.6) is 5.75 Å². The van der Waals surface area contributed by atoms with Crippen LogP contribution in [0.25, 0.3) is 0 Å². The average Bonchev–Trinajstić information content (AvgIpc) is 3.08. The highest BCUT2D eigenvalue weighted by atomic mass is 32.2. The summed E-state index contributed by atoms with van der Waals surface area (Å²) < 4.78 is 32.8. The Balaban J connectivity index is 1.56. The highest BCUT2D eigenvalue weighted by Crippen LogP contribution is 2.22. The van der Waals surface area contributed by atoms with E-state index in [0.717, 1.165) is 32.1 Å². The zero-order valence-electron chi connectivity index (χ0n) is 18.2. The van der Waals surface area contributed by atoms with Crippen molar-refractivity contribution in [2.75, 3.05) is 25.0 Å². The number of ether oxygens (including phenoxy) is 1. The van der Waals surface area contributed by atoms with E-state index >= 15 is 0 Å². The van der Waals surface area contributed by atoms with Crippen LogP contribution in [0.4, 0.5) is 5.69 Å². The monoisotopic (exact) mass is 475 g/mol. The molecule has 2 N–H and O–H groups in total. The molecule has 0 bridgehead atoms. The Bertz CT molecular complexity index is 1010. The first-order chi connectivity index (χ1) is 15.4. The van der Waals surface area contributed by atoms with Crippen molar-refractivity contribution in [1.82, 2.24) is 9.62 Å². The van der Waals surface area contributed by atoms with Crippen LogP contribution >= 0.6 is 12.2 Å². The molecule has 1 amide bonds. The zero-order valence-corrected chi connectivity index (χ0v) is 19.8. The molecule has 0 spiro atoms. The van der Waals surface area contributed by atoms with Gasteiger partial charge in [0.15, 0.2) is 5.11 Å². The number of rotatable bonds is 7. The van der Waals surface area contributed by atoms with Crippen molar-refractivity contribution in [1.29, 1.82) is 0 Å². The fourth-order valence-corrected chi connectivity index (χ4v) is 5.13. The van der Waals surface area contributed by atoms with E-state index in [1.165, 1.54) is 0 Å². The van der Waals surface area contributed by atoms with Gasteiger partial charge < -0.3 is 10.1 Å². The molecule has 2 aromatic rings. The molecule has 1 fully saturated rings. The van der Waals surface area contributed by atoms with Crippen molar-refractivity contribution in [2.24, 2.45) is 0 Å². The fourth-order valence-electron chi connectivity index (χ4n) is 3.40. The van der Waals surface area contributed by atoms with Crippen LogP contribution in [0.2, 0.25) is 0 Å². The molecule has 1 heterocycles. The molecule has 3 rings (SSSR count). The summed E-state index contributed by atoms with van der Waals surface area (Å²) in [5, 5.41) is 5.67. The Hall–Kier alpha value is -2.49. The number of sulfonamides is 1. The minimum Gasteiger partial charge on any atom is -0.494 e. The highest BCUT2D eigenvalue weighted by Gasteiger charge is 2.25. The second-order valence-electron chi connectivity index (χ2n) is 7.62. The van der Waals surface area contributed by atoms with Crippen molar-refractivity contribution >= 4 is 38.9 Å². The van der Waals surface area contributed by atoms with Crippen LogP contribution in [-0.4, -0.2) is 43.4 Å². The lowest BCUT2D eigenvalue weighted by atomic mass is 10.2. The second-order valence-corrected chi connectivity index (χ2v) is 9.97. The molecular formula is C23H29N3O4S2. The van der Waals surface area contributed by atoms with E-state index in [0.29, 0.717) is 36.7 Å². The number of benzene rings is 2. The third-order valence-corrected chi connectivity index (χ3v) is 7.25. The minimum atomic E-state index is -3.50. The van der Waals surface area contributed by atoms with E-state index in [1.807, 2.05) is 6.92 Å². The number of amides is 1. The number of carbonyl (C=O) groups excluding carboxylic acids is 1. The SMILES string of the molecule is CCCOc1ccc(C(=O)NC(=S)Nc2ccc(S(=O)(=O)N3CCCCCC3)cc2)cc1. The number of nitrogens with zero attached hydrogens (tertiary/aromatic N) is 1. The van der Waals surface area contributed by atoms with E-state index in [4.69, 9.17) is 17.0 Å². The molecule has 0 saturated carbocycles. The van der Waals surface area contributed by atoms with E-state index in [1.54, 1.807) is 52.8 Å². The van der Waals surface area contributed by atoms with E-state index < -0.39 is 10.0 Å². The topological polar surface area (TPSA) is 87.7 Å². The van der Waals surface area contributed by atoms with Crippen molar-refractivity contribution in [3.8, 4) is 5.75 Å². The van der Waals surface area contributed by atoms with Crippen LogP contribution in [0.3, 0.4) is 0 Å². The first-order valence-electron chi connectivity index (χ1n) is 10.9. The van der Waals surface area contributed by atoms with Crippen LogP contribution in [0.15, 0.2) is 53.4 Å². The number of hydrogen-bond acceptors (Lipinski definition) is 5. The van der Waals surface area contributed by atoms with Crippen molar-refractivity contribution < 1.29 is 17.9 Å². The number of nitrogens with one attached hydrogen (secondary N) is 2. The first kappa shape index (κ1) is 24.2. The summed E-state index contributed by atoms with van der Waals surface area (Å²) in [5.74, 6) is 0.365. The van der Waals surface area contributed by atoms with Gasteiger partial charge in [-0.15, -0.1) is 0 Å². The maximum Gasteiger partial charge on any atom is 0.257 e. The van der Waals surface area contributed by atoms with Gasteiger partial charge >= 0.3 is 0 Å². The number of hydrogen-bond donors (Lipinski definition) is 2. The Kier molecular flexibility index (Phi) is 8.60. The predicted molar refractivity (Wildman–Crippen MR) is 130 cm³/mol. The first-order valence-corrected chi connectivity index (χ1v) is 12.7. The third-order valence-electron chi connectivity index (χ3n) is 5.13. The lowest BCUT2D eigenvalue weighted by molar-refractivity contribution is 0.0977. The van der Waals surface area contributed by atoms with Gasteiger partial charge in [0, 0.05) is 24.3 Å². The molecule has 2 aromatic carbocycles. The molecule has 1 saturated heterocycles. The molecule has 0 aromatic heterocycles. The summed E-state index contributed by atoms with van der Waals surface area (Å²) in [6.45, 7) is 3.77. The number of carbonyl (C=O) groups is 1.